The standard InChI is InChI=1S/C16H16FNO2S/c17-15-9-12(16(18)21)3-4-13(15)10-20-14-5-1-11(2-6-14)7-8-19/h1-6,9,19H,7-8,10H2,(H2,18,21). The maximum atomic E-state index is 13.9. The van der Waals surface area contributed by atoms with Crippen molar-refractivity contribution >= 4 is 17.2 Å². The molecule has 2 aromatic carbocycles. The Morgan fingerprint density at radius 2 is 1.90 bits per heavy atom. The fourth-order valence-corrected chi connectivity index (χ4v) is 1.99. The molecule has 0 spiro atoms. The number of aliphatic hydroxyl groups excluding tert-OH is 1. The van der Waals surface area contributed by atoms with E-state index in [2.05, 4.69) is 0 Å². The van der Waals surface area contributed by atoms with Crippen molar-refractivity contribution in [2.45, 2.75) is 13.0 Å². The van der Waals surface area contributed by atoms with Gasteiger partial charge in [0.25, 0.3) is 0 Å². The molecule has 2 aromatic rings. The van der Waals surface area contributed by atoms with Gasteiger partial charge in [-0.3, -0.25) is 0 Å². The summed E-state index contributed by atoms with van der Waals surface area (Å²) in [6, 6.07) is 11.9. The lowest BCUT2D eigenvalue weighted by Gasteiger charge is -2.09. The Balaban J connectivity index is 2.01. The molecule has 0 heterocycles. The van der Waals surface area contributed by atoms with E-state index in [1.807, 2.05) is 12.1 Å². The summed E-state index contributed by atoms with van der Waals surface area (Å²) >= 11 is 4.80. The third kappa shape index (κ3) is 4.24. The van der Waals surface area contributed by atoms with Crippen LogP contribution >= 0.6 is 12.2 Å². The minimum atomic E-state index is -0.391. The van der Waals surface area contributed by atoms with E-state index >= 15 is 0 Å². The Morgan fingerprint density at radius 1 is 1.19 bits per heavy atom. The van der Waals surface area contributed by atoms with Crippen molar-refractivity contribution in [2.75, 3.05) is 6.61 Å². The number of halogens is 1. The number of hydrogen-bond donors (Lipinski definition) is 2. The number of benzene rings is 2. The van der Waals surface area contributed by atoms with E-state index in [0.717, 1.165) is 5.56 Å². The van der Waals surface area contributed by atoms with Gasteiger partial charge in [0.1, 0.15) is 23.2 Å². The molecular formula is C16H16FNO2S. The van der Waals surface area contributed by atoms with Crippen LogP contribution in [0.1, 0.15) is 16.7 Å². The minimum absolute atomic E-state index is 0.112. The zero-order chi connectivity index (χ0) is 15.2. The Kier molecular flexibility index (Phi) is 5.25. The highest BCUT2D eigenvalue weighted by atomic mass is 32.1. The molecule has 5 heteroatoms. The fraction of sp³-hybridized carbons (Fsp3) is 0.188. The molecule has 0 aliphatic rings. The molecule has 0 saturated heterocycles. The number of rotatable bonds is 6. The molecule has 0 radical (unpaired) electrons. The van der Waals surface area contributed by atoms with Crippen LogP contribution in [0.5, 0.6) is 5.75 Å². The van der Waals surface area contributed by atoms with Crippen LogP contribution in [0.2, 0.25) is 0 Å². The summed E-state index contributed by atoms with van der Waals surface area (Å²) in [5, 5.41) is 8.84. The maximum absolute atomic E-state index is 13.9. The zero-order valence-electron chi connectivity index (χ0n) is 11.4. The van der Waals surface area contributed by atoms with Crippen molar-refractivity contribution in [2.24, 2.45) is 5.73 Å². The van der Waals surface area contributed by atoms with Crippen LogP contribution in [0.3, 0.4) is 0 Å². The highest BCUT2D eigenvalue weighted by Crippen LogP contribution is 2.17. The summed E-state index contributed by atoms with van der Waals surface area (Å²) in [5.74, 6) is 0.256. The van der Waals surface area contributed by atoms with Gasteiger partial charge in [-0.1, -0.05) is 36.5 Å². The predicted octanol–water partition coefficient (Wildman–Crippen LogP) is 2.57. The summed E-state index contributed by atoms with van der Waals surface area (Å²) in [7, 11) is 0. The summed E-state index contributed by atoms with van der Waals surface area (Å²) in [6.45, 7) is 0.240. The van der Waals surface area contributed by atoms with Gasteiger partial charge in [0.2, 0.25) is 0 Å². The molecule has 2 rings (SSSR count). The number of ether oxygens (including phenoxy) is 1. The third-order valence-corrected chi connectivity index (χ3v) is 3.29. The first-order valence-corrected chi connectivity index (χ1v) is 6.92. The number of nitrogens with two attached hydrogens (primary N) is 1. The van der Waals surface area contributed by atoms with Crippen molar-refractivity contribution in [1.29, 1.82) is 0 Å². The highest BCUT2D eigenvalue weighted by Gasteiger charge is 2.06. The first kappa shape index (κ1) is 15.4. The maximum Gasteiger partial charge on any atom is 0.130 e. The van der Waals surface area contributed by atoms with Crippen molar-refractivity contribution in [3.05, 3.63) is 65.0 Å². The van der Waals surface area contributed by atoms with Gasteiger partial charge < -0.3 is 15.6 Å². The van der Waals surface area contributed by atoms with Crippen molar-refractivity contribution in [3.63, 3.8) is 0 Å². The van der Waals surface area contributed by atoms with Crippen LogP contribution < -0.4 is 10.5 Å². The fourth-order valence-electron chi connectivity index (χ4n) is 1.86. The molecule has 110 valence electrons. The van der Waals surface area contributed by atoms with E-state index in [9.17, 15) is 4.39 Å². The third-order valence-electron chi connectivity index (χ3n) is 3.06. The lowest BCUT2D eigenvalue weighted by molar-refractivity contribution is 0.296. The van der Waals surface area contributed by atoms with E-state index in [0.29, 0.717) is 23.3 Å². The summed E-state index contributed by atoms with van der Waals surface area (Å²) in [6.07, 6.45) is 0.607. The van der Waals surface area contributed by atoms with Crippen LogP contribution in [-0.2, 0) is 13.0 Å². The van der Waals surface area contributed by atoms with Crippen LogP contribution in [0, 0.1) is 5.82 Å². The molecule has 0 amide bonds. The van der Waals surface area contributed by atoms with E-state index in [1.54, 1.807) is 24.3 Å². The van der Waals surface area contributed by atoms with Gasteiger partial charge in [-0.05, 0) is 30.2 Å². The number of aliphatic hydroxyl groups is 1. The van der Waals surface area contributed by atoms with Gasteiger partial charge in [-0.2, -0.15) is 0 Å². The van der Waals surface area contributed by atoms with Gasteiger partial charge in [-0.15, -0.1) is 0 Å². The Morgan fingerprint density at radius 3 is 2.48 bits per heavy atom. The molecule has 0 aliphatic heterocycles. The van der Waals surface area contributed by atoms with Gasteiger partial charge in [0.05, 0.1) is 0 Å². The first-order chi connectivity index (χ1) is 10.1. The number of hydrogen-bond acceptors (Lipinski definition) is 3. The van der Waals surface area contributed by atoms with Crippen LogP contribution in [-0.4, -0.2) is 16.7 Å². The van der Waals surface area contributed by atoms with E-state index in [4.69, 9.17) is 27.8 Å². The van der Waals surface area contributed by atoms with E-state index in [-0.39, 0.29) is 18.2 Å². The molecular weight excluding hydrogens is 289 g/mol. The minimum Gasteiger partial charge on any atom is -0.489 e. The highest BCUT2D eigenvalue weighted by molar-refractivity contribution is 7.80. The average molecular weight is 305 g/mol. The molecule has 0 aromatic heterocycles. The molecule has 0 saturated carbocycles. The van der Waals surface area contributed by atoms with Crippen LogP contribution in [0.25, 0.3) is 0 Å². The van der Waals surface area contributed by atoms with Crippen molar-refractivity contribution < 1.29 is 14.2 Å². The Hall–Kier alpha value is -1.98. The lowest BCUT2D eigenvalue weighted by atomic mass is 10.1. The second-order valence-corrected chi connectivity index (χ2v) is 5.02. The largest absolute Gasteiger partial charge is 0.489 e. The molecule has 0 unspecified atom stereocenters. The van der Waals surface area contributed by atoms with E-state index in [1.165, 1.54) is 6.07 Å². The second kappa shape index (κ2) is 7.15. The summed E-state index contributed by atoms with van der Waals surface area (Å²) in [4.78, 5) is 0.167. The quantitative estimate of drug-likeness (QED) is 0.805. The molecule has 0 fully saturated rings. The molecule has 21 heavy (non-hydrogen) atoms. The van der Waals surface area contributed by atoms with Gasteiger partial charge >= 0.3 is 0 Å². The molecule has 0 atom stereocenters. The first-order valence-electron chi connectivity index (χ1n) is 6.51. The molecule has 3 N–H and O–H groups in total. The van der Waals surface area contributed by atoms with Gasteiger partial charge in [0.15, 0.2) is 0 Å². The monoisotopic (exact) mass is 305 g/mol. The topological polar surface area (TPSA) is 55.5 Å². The molecule has 0 aliphatic carbocycles. The van der Waals surface area contributed by atoms with Gasteiger partial charge in [0, 0.05) is 17.7 Å². The van der Waals surface area contributed by atoms with Gasteiger partial charge in [-0.25, -0.2) is 4.39 Å². The zero-order valence-corrected chi connectivity index (χ0v) is 12.2. The smallest absolute Gasteiger partial charge is 0.130 e. The summed E-state index contributed by atoms with van der Waals surface area (Å²) < 4.78 is 19.4. The number of thiocarbonyl (C=S) groups is 1. The van der Waals surface area contributed by atoms with Crippen molar-refractivity contribution in [3.8, 4) is 5.75 Å². The Labute approximate surface area is 128 Å². The Bertz CT molecular complexity index is 629. The van der Waals surface area contributed by atoms with Crippen molar-refractivity contribution in [1.82, 2.24) is 0 Å². The average Bonchev–Trinajstić information content (AvgIpc) is 2.47. The SMILES string of the molecule is NC(=S)c1ccc(COc2ccc(CCO)cc2)c(F)c1. The van der Waals surface area contributed by atoms with E-state index < -0.39 is 5.82 Å². The predicted molar refractivity (Wildman–Crippen MR) is 83.9 cm³/mol. The van der Waals surface area contributed by atoms with Crippen LogP contribution in [0.4, 0.5) is 4.39 Å². The normalized spacial score (nSPS) is 10.4. The summed E-state index contributed by atoms with van der Waals surface area (Å²) in [5.41, 5.74) is 7.42. The molecule has 0 bridgehead atoms. The van der Waals surface area contributed by atoms with Crippen LogP contribution in [0.15, 0.2) is 42.5 Å². The molecule has 3 nitrogen and oxygen atoms in total. The lowest BCUT2D eigenvalue weighted by Crippen LogP contribution is -2.10. The second-order valence-electron chi connectivity index (χ2n) is 4.58.